The van der Waals surface area contributed by atoms with E-state index < -0.39 is 0 Å². The number of unbranched alkanes of at least 4 members (excludes halogenated alkanes) is 1. The van der Waals surface area contributed by atoms with Gasteiger partial charge in [0.25, 0.3) is 5.91 Å². The molecular formula is C26H33N3O2S. The first-order valence-corrected chi connectivity index (χ1v) is 12.7. The second-order valence-corrected chi connectivity index (χ2v) is 9.70. The minimum atomic E-state index is 0.00795. The van der Waals surface area contributed by atoms with Crippen LogP contribution in [0.5, 0.6) is 5.75 Å². The maximum Gasteiger partial charge on any atom is 0.253 e. The zero-order chi connectivity index (χ0) is 22.5. The number of amides is 1. The van der Waals surface area contributed by atoms with Crippen LogP contribution in [0.3, 0.4) is 0 Å². The van der Waals surface area contributed by atoms with Crippen LogP contribution in [0.4, 0.5) is 0 Å². The third-order valence-electron chi connectivity index (χ3n) is 6.47. The van der Waals surface area contributed by atoms with Gasteiger partial charge in [0.15, 0.2) is 0 Å². The van der Waals surface area contributed by atoms with E-state index in [1.54, 1.807) is 23.5 Å². The highest BCUT2D eigenvalue weighted by Crippen LogP contribution is 2.34. The summed E-state index contributed by atoms with van der Waals surface area (Å²) in [5.41, 5.74) is 4.70. The van der Waals surface area contributed by atoms with Crippen LogP contribution in [0, 0.1) is 12.8 Å². The Balaban J connectivity index is 1.66. The Hall–Kier alpha value is -2.60. The lowest BCUT2D eigenvalue weighted by Crippen LogP contribution is -2.25. The summed E-state index contributed by atoms with van der Waals surface area (Å²) in [6.07, 6.45) is 8.49. The highest BCUT2D eigenvalue weighted by Gasteiger charge is 2.23. The molecule has 0 unspecified atom stereocenters. The first kappa shape index (κ1) is 22.6. The fourth-order valence-electron chi connectivity index (χ4n) is 4.55. The Morgan fingerprint density at radius 2 is 1.97 bits per heavy atom. The molecule has 0 aliphatic heterocycles. The van der Waals surface area contributed by atoms with Crippen molar-refractivity contribution in [2.75, 3.05) is 6.54 Å². The second kappa shape index (κ2) is 10.3. The lowest BCUT2D eigenvalue weighted by atomic mass is 9.89. The molecule has 5 nitrogen and oxygen atoms in total. The summed E-state index contributed by atoms with van der Waals surface area (Å²) in [7, 11) is 0. The van der Waals surface area contributed by atoms with Crippen LogP contribution in [0.15, 0.2) is 35.7 Å². The maximum absolute atomic E-state index is 12.9. The number of carbonyl (C=O) groups excluding carboxylic acids is 1. The van der Waals surface area contributed by atoms with Gasteiger partial charge in [-0.25, -0.2) is 4.98 Å². The number of thiazole rings is 1. The predicted octanol–water partition coefficient (Wildman–Crippen LogP) is 6.40. The van der Waals surface area contributed by atoms with Crippen molar-refractivity contribution >= 4 is 17.2 Å². The number of benzene rings is 1. The van der Waals surface area contributed by atoms with Crippen molar-refractivity contribution in [1.82, 2.24) is 14.9 Å². The number of nitrogens with one attached hydrogen (secondary N) is 1. The third-order valence-corrected chi connectivity index (χ3v) is 7.36. The standard InChI is InChI=1S/C26H33N3O2S/c1-3-4-14-27-25(31)22-15-24(29(18(22)2)16-19-8-6-5-7-9-19)23-17-32-26(28-23)20-10-12-21(30)13-11-20/h10-13,15,17,19,30H,3-9,14,16H2,1-2H3,(H,27,31). The number of hydrogen-bond acceptors (Lipinski definition) is 4. The molecule has 1 saturated carbocycles. The van der Waals surface area contributed by atoms with Crippen molar-refractivity contribution < 1.29 is 9.90 Å². The number of aromatic hydroxyl groups is 1. The van der Waals surface area contributed by atoms with Crippen molar-refractivity contribution in [3.63, 3.8) is 0 Å². The minimum Gasteiger partial charge on any atom is -0.508 e. The lowest BCUT2D eigenvalue weighted by Gasteiger charge is -2.24. The Bertz CT molecular complexity index is 1050. The van der Waals surface area contributed by atoms with E-state index in [0.717, 1.165) is 52.6 Å². The van der Waals surface area contributed by atoms with Crippen molar-refractivity contribution in [3.05, 3.63) is 47.0 Å². The average Bonchev–Trinajstić information content (AvgIpc) is 3.41. The predicted molar refractivity (Wildman–Crippen MR) is 131 cm³/mol. The average molecular weight is 452 g/mol. The van der Waals surface area contributed by atoms with Gasteiger partial charge in [0, 0.05) is 29.7 Å². The molecule has 0 atom stereocenters. The van der Waals surface area contributed by atoms with E-state index in [1.165, 1.54) is 32.1 Å². The van der Waals surface area contributed by atoms with E-state index in [4.69, 9.17) is 4.98 Å². The Kier molecular flexibility index (Phi) is 7.30. The SMILES string of the molecule is CCCCNC(=O)c1cc(-c2csc(-c3ccc(O)cc3)n2)n(CC2CCCCC2)c1C. The molecule has 0 spiro atoms. The maximum atomic E-state index is 12.9. The summed E-state index contributed by atoms with van der Waals surface area (Å²) in [5, 5.41) is 15.7. The van der Waals surface area contributed by atoms with Gasteiger partial charge >= 0.3 is 0 Å². The normalized spacial score (nSPS) is 14.6. The molecule has 170 valence electrons. The summed E-state index contributed by atoms with van der Waals surface area (Å²) < 4.78 is 2.32. The van der Waals surface area contributed by atoms with Gasteiger partial charge in [-0.05, 0) is 62.4 Å². The van der Waals surface area contributed by atoms with Crippen LogP contribution in [0.2, 0.25) is 0 Å². The molecule has 2 heterocycles. The lowest BCUT2D eigenvalue weighted by molar-refractivity contribution is 0.0952. The number of nitrogens with zero attached hydrogens (tertiary/aromatic N) is 2. The van der Waals surface area contributed by atoms with Crippen LogP contribution in [-0.2, 0) is 6.54 Å². The summed E-state index contributed by atoms with van der Waals surface area (Å²) in [4.78, 5) is 17.8. The summed E-state index contributed by atoms with van der Waals surface area (Å²) >= 11 is 1.59. The fourth-order valence-corrected chi connectivity index (χ4v) is 5.37. The number of phenols is 1. The quantitative estimate of drug-likeness (QED) is 0.389. The summed E-state index contributed by atoms with van der Waals surface area (Å²) in [6, 6.07) is 9.17. The zero-order valence-electron chi connectivity index (χ0n) is 19.1. The smallest absolute Gasteiger partial charge is 0.253 e. The molecule has 6 heteroatoms. The number of rotatable bonds is 8. The number of hydrogen-bond donors (Lipinski definition) is 2. The van der Waals surface area contributed by atoms with Gasteiger partial charge in [0.2, 0.25) is 0 Å². The monoisotopic (exact) mass is 451 g/mol. The number of carbonyl (C=O) groups is 1. The molecular weight excluding hydrogens is 418 g/mol. The van der Waals surface area contributed by atoms with E-state index in [9.17, 15) is 9.90 Å². The molecule has 0 saturated heterocycles. The molecule has 2 aromatic heterocycles. The topological polar surface area (TPSA) is 67.2 Å². The largest absolute Gasteiger partial charge is 0.508 e. The van der Waals surface area contributed by atoms with Crippen molar-refractivity contribution in [2.24, 2.45) is 5.92 Å². The van der Waals surface area contributed by atoms with E-state index in [0.29, 0.717) is 12.5 Å². The highest BCUT2D eigenvalue weighted by molar-refractivity contribution is 7.13. The molecule has 32 heavy (non-hydrogen) atoms. The molecule has 1 aromatic carbocycles. The van der Waals surface area contributed by atoms with Gasteiger partial charge < -0.3 is 15.0 Å². The van der Waals surface area contributed by atoms with E-state index in [2.05, 4.69) is 29.1 Å². The first-order valence-electron chi connectivity index (χ1n) is 11.8. The summed E-state index contributed by atoms with van der Waals surface area (Å²) in [5.74, 6) is 0.912. The van der Waals surface area contributed by atoms with E-state index in [-0.39, 0.29) is 11.7 Å². The number of phenolic OH excluding ortho intramolecular Hbond substituents is 1. The molecule has 4 rings (SSSR count). The van der Waals surface area contributed by atoms with Crippen molar-refractivity contribution in [1.29, 1.82) is 0 Å². The molecule has 0 bridgehead atoms. The minimum absolute atomic E-state index is 0.00795. The van der Waals surface area contributed by atoms with Crippen LogP contribution in [-0.4, -0.2) is 27.1 Å². The number of aromatic nitrogens is 2. The first-order chi connectivity index (χ1) is 15.6. The fraction of sp³-hybridized carbons (Fsp3) is 0.462. The molecule has 1 aliphatic rings. The van der Waals surface area contributed by atoms with Crippen molar-refractivity contribution in [2.45, 2.75) is 65.3 Å². The van der Waals surface area contributed by atoms with Gasteiger partial charge in [-0.15, -0.1) is 11.3 Å². The van der Waals surface area contributed by atoms with E-state index in [1.807, 2.05) is 18.2 Å². The molecule has 1 fully saturated rings. The van der Waals surface area contributed by atoms with Crippen LogP contribution in [0.25, 0.3) is 22.0 Å². The van der Waals surface area contributed by atoms with Crippen LogP contribution < -0.4 is 5.32 Å². The molecule has 2 N–H and O–H groups in total. The van der Waals surface area contributed by atoms with Crippen LogP contribution in [0.1, 0.15) is 67.9 Å². The van der Waals surface area contributed by atoms with Gasteiger partial charge in [-0.1, -0.05) is 32.6 Å². The van der Waals surface area contributed by atoms with Gasteiger partial charge in [0.1, 0.15) is 10.8 Å². The zero-order valence-corrected chi connectivity index (χ0v) is 19.9. The van der Waals surface area contributed by atoms with Gasteiger partial charge in [-0.2, -0.15) is 0 Å². The third kappa shape index (κ3) is 5.07. The molecule has 3 aromatic rings. The Morgan fingerprint density at radius 1 is 1.22 bits per heavy atom. The summed E-state index contributed by atoms with van der Waals surface area (Å²) in [6.45, 7) is 5.84. The second-order valence-electron chi connectivity index (χ2n) is 8.84. The molecule has 1 amide bonds. The van der Waals surface area contributed by atoms with Gasteiger partial charge in [0.05, 0.1) is 17.0 Å². The molecule has 1 aliphatic carbocycles. The Labute approximate surface area is 194 Å². The van der Waals surface area contributed by atoms with E-state index >= 15 is 0 Å². The highest BCUT2D eigenvalue weighted by atomic mass is 32.1. The Morgan fingerprint density at radius 3 is 2.69 bits per heavy atom. The van der Waals surface area contributed by atoms with Crippen LogP contribution >= 0.6 is 11.3 Å². The van der Waals surface area contributed by atoms with Gasteiger partial charge in [-0.3, -0.25) is 4.79 Å². The molecule has 0 radical (unpaired) electrons. The van der Waals surface area contributed by atoms with Crippen molar-refractivity contribution in [3.8, 4) is 27.7 Å².